The molecule has 0 saturated carbocycles. The van der Waals surface area contributed by atoms with E-state index >= 15 is 0 Å². The summed E-state index contributed by atoms with van der Waals surface area (Å²) in [4.78, 5) is 0. The fourth-order valence-electron chi connectivity index (χ4n) is 2.11. The van der Waals surface area contributed by atoms with Gasteiger partial charge in [0.1, 0.15) is 11.6 Å². The molecule has 1 unspecified atom stereocenters. The molecule has 19 heavy (non-hydrogen) atoms. The van der Waals surface area contributed by atoms with Gasteiger partial charge in [0.15, 0.2) is 0 Å². The van der Waals surface area contributed by atoms with E-state index in [0.29, 0.717) is 0 Å². The van der Waals surface area contributed by atoms with Crippen molar-refractivity contribution in [2.24, 2.45) is 0 Å². The quantitative estimate of drug-likeness (QED) is 0.887. The highest BCUT2D eigenvalue weighted by molar-refractivity contribution is 5.36. The van der Waals surface area contributed by atoms with Crippen molar-refractivity contribution in [3.8, 4) is 5.75 Å². The van der Waals surface area contributed by atoms with Gasteiger partial charge in [0.25, 0.3) is 0 Å². The molecule has 2 aromatic carbocycles. The monoisotopic (exact) mass is 259 g/mol. The maximum Gasteiger partial charge on any atom is 0.123 e. The third kappa shape index (κ3) is 3.32. The van der Waals surface area contributed by atoms with Gasteiger partial charge in [-0.15, -0.1) is 0 Å². The fraction of sp³-hybridized carbons (Fsp3) is 0.250. The van der Waals surface area contributed by atoms with Crippen molar-refractivity contribution >= 4 is 0 Å². The largest absolute Gasteiger partial charge is 0.497 e. The van der Waals surface area contributed by atoms with Gasteiger partial charge in [0.05, 0.1) is 13.2 Å². The second-order valence-corrected chi connectivity index (χ2v) is 4.32. The molecule has 0 aromatic heterocycles. The minimum Gasteiger partial charge on any atom is -0.497 e. The molecule has 100 valence electrons. The van der Waals surface area contributed by atoms with E-state index in [1.807, 2.05) is 36.4 Å². The molecular formula is C16H18FNO. The molecule has 0 saturated heterocycles. The van der Waals surface area contributed by atoms with Gasteiger partial charge < -0.3 is 10.1 Å². The highest BCUT2D eigenvalue weighted by atomic mass is 19.1. The van der Waals surface area contributed by atoms with E-state index in [1.54, 1.807) is 7.11 Å². The smallest absolute Gasteiger partial charge is 0.123 e. The minimum atomic E-state index is -0.218. The number of hydrogen-bond acceptors (Lipinski definition) is 2. The highest BCUT2D eigenvalue weighted by Gasteiger charge is 2.13. The van der Waals surface area contributed by atoms with Gasteiger partial charge in [0, 0.05) is 0 Å². The zero-order valence-electron chi connectivity index (χ0n) is 11.2. The van der Waals surface area contributed by atoms with E-state index in [2.05, 4.69) is 12.2 Å². The Morgan fingerprint density at radius 1 is 1.11 bits per heavy atom. The van der Waals surface area contributed by atoms with Crippen LogP contribution >= 0.6 is 0 Å². The van der Waals surface area contributed by atoms with Crippen LogP contribution in [0.2, 0.25) is 0 Å². The van der Waals surface area contributed by atoms with E-state index in [4.69, 9.17) is 4.74 Å². The van der Waals surface area contributed by atoms with Crippen LogP contribution < -0.4 is 10.1 Å². The van der Waals surface area contributed by atoms with Gasteiger partial charge in [-0.2, -0.15) is 0 Å². The Bertz CT molecular complexity index is 525. The van der Waals surface area contributed by atoms with Crippen LogP contribution in [-0.2, 0) is 0 Å². The molecule has 0 bridgehead atoms. The van der Waals surface area contributed by atoms with Crippen LogP contribution in [0.4, 0.5) is 4.39 Å². The van der Waals surface area contributed by atoms with Crippen LogP contribution in [0.15, 0.2) is 48.5 Å². The first kappa shape index (κ1) is 13.6. The van der Waals surface area contributed by atoms with Crippen LogP contribution in [0.1, 0.15) is 24.1 Å². The van der Waals surface area contributed by atoms with Crippen LogP contribution in [0, 0.1) is 5.82 Å². The molecule has 1 N–H and O–H groups in total. The van der Waals surface area contributed by atoms with Gasteiger partial charge in [0.2, 0.25) is 0 Å². The molecule has 0 aliphatic carbocycles. The molecule has 0 aliphatic heterocycles. The second-order valence-electron chi connectivity index (χ2n) is 4.32. The van der Waals surface area contributed by atoms with Crippen LogP contribution in [-0.4, -0.2) is 13.7 Å². The Hall–Kier alpha value is -1.87. The predicted molar refractivity (Wildman–Crippen MR) is 74.9 cm³/mol. The van der Waals surface area contributed by atoms with E-state index < -0.39 is 0 Å². The highest BCUT2D eigenvalue weighted by Crippen LogP contribution is 2.25. The molecule has 2 aromatic rings. The Balaban J connectivity index is 2.35. The molecule has 3 heteroatoms. The molecule has 0 fully saturated rings. The van der Waals surface area contributed by atoms with E-state index in [9.17, 15) is 4.39 Å². The van der Waals surface area contributed by atoms with Crippen molar-refractivity contribution in [1.82, 2.24) is 5.32 Å². The number of hydrogen-bond donors (Lipinski definition) is 1. The van der Waals surface area contributed by atoms with Gasteiger partial charge in [-0.1, -0.05) is 31.2 Å². The normalized spacial score (nSPS) is 12.2. The van der Waals surface area contributed by atoms with Crippen LogP contribution in [0.3, 0.4) is 0 Å². The Kier molecular flexibility index (Phi) is 4.53. The zero-order chi connectivity index (χ0) is 13.7. The molecule has 0 amide bonds. The first-order valence-electron chi connectivity index (χ1n) is 6.37. The summed E-state index contributed by atoms with van der Waals surface area (Å²) >= 11 is 0. The summed E-state index contributed by atoms with van der Waals surface area (Å²) in [5.74, 6) is 0.604. The third-order valence-electron chi connectivity index (χ3n) is 3.04. The number of rotatable bonds is 5. The average molecular weight is 259 g/mol. The molecule has 2 nitrogen and oxygen atoms in total. The topological polar surface area (TPSA) is 21.3 Å². The fourth-order valence-corrected chi connectivity index (χ4v) is 2.11. The lowest BCUT2D eigenvalue weighted by atomic mass is 9.98. The molecule has 1 atom stereocenters. The van der Waals surface area contributed by atoms with Crippen molar-refractivity contribution in [3.05, 3.63) is 65.5 Å². The Labute approximate surface area is 113 Å². The molecule has 0 radical (unpaired) electrons. The maximum absolute atomic E-state index is 13.0. The molecule has 0 aliphatic rings. The molecule has 0 spiro atoms. The zero-order valence-corrected chi connectivity index (χ0v) is 11.2. The number of halogens is 1. The number of methoxy groups -OCH3 is 1. The summed E-state index contributed by atoms with van der Waals surface area (Å²) < 4.78 is 18.3. The molecular weight excluding hydrogens is 241 g/mol. The number of nitrogens with one attached hydrogen (secondary N) is 1. The van der Waals surface area contributed by atoms with Crippen LogP contribution in [0.5, 0.6) is 5.75 Å². The van der Waals surface area contributed by atoms with Gasteiger partial charge in [-0.3, -0.25) is 0 Å². The van der Waals surface area contributed by atoms with Crippen molar-refractivity contribution in [1.29, 1.82) is 0 Å². The predicted octanol–water partition coefficient (Wildman–Crippen LogP) is 3.53. The lowest BCUT2D eigenvalue weighted by Gasteiger charge is -2.19. The standard InChI is InChI=1S/C16H18FNO/c1-3-18-16(12-7-9-14(17)10-8-12)13-5-4-6-15(11-13)19-2/h4-11,16,18H,3H2,1-2H3. The lowest BCUT2D eigenvalue weighted by Crippen LogP contribution is -2.21. The summed E-state index contributed by atoms with van der Waals surface area (Å²) in [7, 11) is 1.65. The lowest BCUT2D eigenvalue weighted by molar-refractivity contribution is 0.413. The van der Waals surface area contributed by atoms with Gasteiger partial charge in [-0.25, -0.2) is 4.39 Å². The van der Waals surface area contributed by atoms with E-state index in [0.717, 1.165) is 23.4 Å². The Morgan fingerprint density at radius 2 is 1.84 bits per heavy atom. The van der Waals surface area contributed by atoms with Crippen molar-refractivity contribution in [2.45, 2.75) is 13.0 Å². The summed E-state index contributed by atoms with van der Waals surface area (Å²) in [6, 6.07) is 14.5. The summed E-state index contributed by atoms with van der Waals surface area (Å²) in [6.45, 7) is 2.88. The average Bonchev–Trinajstić information content (AvgIpc) is 2.46. The summed E-state index contributed by atoms with van der Waals surface area (Å²) in [5, 5.41) is 3.41. The van der Waals surface area contributed by atoms with Crippen LogP contribution in [0.25, 0.3) is 0 Å². The summed E-state index contributed by atoms with van der Waals surface area (Å²) in [6.07, 6.45) is 0. The third-order valence-corrected chi connectivity index (χ3v) is 3.04. The number of benzene rings is 2. The minimum absolute atomic E-state index is 0.0423. The number of ether oxygens (including phenoxy) is 1. The molecule has 2 rings (SSSR count). The molecule has 0 heterocycles. The van der Waals surface area contributed by atoms with Crippen molar-refractivity contribution in [3.63, 3.8) is 0 Å². The van der Waals surface area contributed by atoms with Crippen molar-refractivity contribution in [2.75, 3.05) is 13.7 Å². The van der Waals surface area contributed by atoms with E-state index in [1.165, 1.54) is 12.1 Å². The summed E-state index contributed by atoms with van der Waals surface area (Å²) in [5.41, 5.74) is 2.14. The van der Waals surface area contributed by atoms with Crippen molar-refractivity contribution < 1.29 is 9.13 Å². The second kappa shape index (κ2) is 6.34. The first-order chi connectivity index (χ1) is 9.24. The van der Waals surface area contributed by atoms with E-state index in [-0.39, 0.29) is 11.9 Å². The maximum atomic E-state index is 13.0. The van der Waals surface area contributed by atoms with Gasteiger partial charge in [-0.05, 0) is 41.9 Å². The Morgan fingerprint density at radius 3 is 2.47 bits per heavy atom. The first-order valence-corrected chi connectivity index (χ1v) is 6.37. The van der Waals surface area contributed by atoms with Gasteiger partial charge >= 0.3 is 0 Å². The SMILES string of the molecule is CCNC(c1ccc(F)cc1)c1cccc(OC)c1.